The molecular weight excluding hydrogens is 196 g/mol. The van der Waals surface area contributed by atoms with Gasteiger partial charge in [0.05, 0.1) is 5.92 Å². The average Bonchev–Trinajstić information content (AvgIpc) is 2.26. The number of carbonyl (C=O) groups excluding carboxylic acids is 1. The molecule has 1 heterocycles. The van der Waals surface area contributed by atoms with Crippen molar-refractivity contribution < 1.29 is 14.7 Å². The fourth-order valence-electron chi connectivity index (χ4n) is 1.71. The summed E-state index contributed by atoms with van der Waals surface area (Å²) >= 11 is 0. The molecule has 5 nitrogen and oxygen atoms in total. The van der Waals surface area contributed by atoms with Gasteiger partial charge in [0.15, 0.2) is 0 Å². The first kappa shape index (κ1) is 11.8. The summed E-state index contributed by atoms with van der Waals surface area (Å²) in [6.45, 7) is 3.63. The number of aliphatic carboxylic acids is 1. The van der Waals surface area contributed by atoms with Gasteiger partial charge in [0.2, 0.25) is 0 Å². The van der Waals surface area contributed by atoms with E-state index in [0.717, 1.165) is 12.8 Å². The van der Waals surface area contributed by atoms with Gasteiger partial charge < -0.3 is 15.3 Å². The highest BCUT2D eigenvalue weighted by molar-refractivity contribution is 5.76. The van der Waals surface area contributed by atoms with E-state index in [-0.39, 0.29) is 6.03 Å². The van der Waals surface area contributed by atoms with Gasteiger partial charge in [0, 0.05) is 19.6 Å². The van der Waals surface area contributed by atoms with Gasteiger partial charge in [-0.15, -0.1) is 0 Å². The molecule has 0 bridgehead atoms. The first-order chi connectivity index (χ1) is 7.15. The van der Waals surface area contributed by atoms with Crippen LogP contribution in [0.15, 0.2) is 0 Å². The van der Waals surface area contributed by atoms with Gasteiger partial charge in [0.25, 0.3) is 0 Å². The minimum absolute atomic E-state index is 0.136. The Hall–Kier alpha value is -1.26. The second kappa shape index (κ2) is 5.58. The van der Waals surface area contributed by atoms with E-state index in [4.69, 9.17) is 5.11 Å². The van der Waals surface area contributed by atoms with E-state index in [9.17, 15) is 9.59 Å². The molecule has 1 atom stereocenters. The fraction of sp³-hybridized carbons (Fsp3) is 0.800. The molecule has 1 aliphatic heterocycles. The third-order valence-electron chi connectivity index (χ3n) is 2.58. The van der Waals surface area contributed by atoms with Gasteiger partial charge in [-0.05, 0) is 19.3 Å². The number of carbonyl (C=O) groups is 2. The lowest BCUT2D eigenvalue weighted by molar-refractivity contribution is -0.143. The molecule has 5 heteroatoms. The second-order valence-electron chi connectivity index (χ2n) is 3.86. The Bertz CT molecular complexity index is 243. The number of nitrogens with zero attached hydrogens (tertiary/aromatic N) is 1. The van der Waals surface area contributed by atoms with Crippen LogP contribution in [0.4, 0.5) is 4.79 Å². The fourth-order valence-corrected chi connectivity index (χ4v) is 1.71. The minimum Gasteiger partial charge on any atom is -0.481 e. The van der Waals surface area contributed by atoms with Crippen molar-refractivity contribution in [2.24, 2.45) is 5.92 Å². The zero-order chi connectivity index (χ0) is 11.3. The molecule has 0 aliphatic carbocycles. The smallest absolute Gasteiger partial charge is 0.317 e. The minimum atomic E-state index is -0.803. The summed E-state index contributed by atoms with van der Waals surface area (Å²) in [4.78, 5) is 23.9. The Morgan fingerprint density at radius 2 is 2.27 bits per heavy atom. The van der Waals surface area contributed by atoms with Gasteiger partial charge in [-0.3, -0.25) is 4.79 Å². The van der Waals surface area contributed by atoms with Gasteiger partial charge in [-0.2, -0.15) is 0 Å². The lowest BCUT2D eigenvalue weighted by atomic mass is 9.99. The van der Waals surface area contributed by atoms with Crippen LogP contribution in [0.1, 0.15) is 26.2 Å². The summed E-state index contributed by atoms with van der Waals surface area (Å²) in [5.74, 6) is -1.20. The Balaban J connectivity index is 2.41. The predicted octanol–water partition coefficient (Wildman–Crippen LogP) is 0.903. The van der Waals surface area contributed by atoms with Crippen LogP contribution in [0.25, 0.3) is 0 Å². The molecule has 1 aliphatic rings. The molecule has 2 N–H and O–H groups in total. The molecule has 1 unspecified atom stereocenters. The first-order valence-corrected chi connectivity index (χ1v) is 5.40. The second-order valence-corrected chi connectivity index (χ2v) is 3.86. The summed E-state index contributed by atoms with van der Waals surface area (Å²) in [5, 5.41) is 11.6. The van der Waals surface area contributed by atoms with Crippen LogP contribution in [0.3, 0.4) is 0 Å². The molecular formula is C10H18N2O3. The number of urea groups is 1. The lowest BCUT2D eigenvalue weighted by Crippen LogP contribution is -2.47. The monoisotopic (exact) mass is 214 g/mol. The van der Waals surface area contributed by atoms with Crippen molar-refractivity contribution in [1.29, 1.82) is 0 Å². The summed E-state index contributed by atoms with van der Waals surface area (Å²) in [6, 6.07) is -0.136. The molecule has 2 amide bonds. The molecule has 0 aromatic rings. The van der Waals surface area contributed by atoms with Crippen LogP contribution < -0.4 is 5.32 Å². The molecule has 1 saturated heterocycles. The predicted molar refractivity (Wildman–Crippen MR) is 55.6 cm³/mol. The quantitative estimate of drug-likeness (QED) is 0.733. The molecule has 0 aromatic carbocycles. The summed E-state index contributed by atoms with van der Waals surface area (Å²) < 4.78 is 0. The topological polar surface area (TPSA) is 69.6 Å². The molecule has 0 aromatic heterocycles. The van der Waals surface area contributed by atoms with E-state index in [2.05, 4.69) is 5.32 Å². The third kappa shape index (κ3) is 3.42. The van der Waals surface area contributed by atoms with Crippen molar-refractivity contribution in [2.75, 3.05) is 19.6 Å². The summed E-state index contributed by atoms with van der Waals surface area (Å²) in [5.41, 5.74) is 0. The van der Waals surface area contributed by atoms with Crippen molar-refractivity contribution in [2.45, 2.75) is 26.2 Å². The molecule has 1 fully saturated rings. The van der Waals surface area contributed by atoms with Crippen molar-refractivity contribution in [1.82, 2.24) is 10.2 Å². The van der Waals surface area contributed by atoms with Crippen LogP contribution in [0, 0.1) is 5.92 Å². The number of carboxylic acids is 1. The van der Waals surface area contributed by atoms with Gasteiger partial charge >= 0.3 is 12.0 Å². The third-order valence-corrected chi connectivity index (χ3v) is 2.58. The number of amides is 2. The SMILES string of the molecule is CCCNC(=O)N1CCCC(C(=O)O)C1. The van der Waals surface area contributed by atoms with Crippen LogP contribution >= 0.6 is 0 Å². The standard InChI is InChI=1S/C10H18N2O3/c1-2-5-11-10(15)12-6-3-4-8(7-12)9(13)14/h8H,2-7H2,1H3,(H,11,15)(H,13,14). The Morgan fingerprint density at radius 1 is 1.53 bits per heavy atom. The average molecular weight is 214 g/mol. The number of hydrogen-bond acceptors (Lipinski definition) is 2. The lowest BCUT2D eigenvalue weighted by Gasteiger charge is -2.30. The normalized spacial score (nSPS) is 21.1. The van der Waals surface area contributed by atoms with Gasteiger partial charge in [0.1, 0.15) is 0 Å². The van der Waals surface area contributed by atoms with Crippen molar-refractivity contribution in [3.8, 4) is 0 Å². The maximum atomic E-state index is 11.5. The molecule has 0 spiro atoms. The maximum absolute atomic E-state index is 11.5. The van der Waals surface area contributed by atoms with Crippen LogP contribution in [0.2, 0.25) is 0 Å². The van der Waals surface area contributed by atoms with Crippen LogP contribution in [-0.2, 0) is 4.79 Å². The maximum Gasteiger partial charge on any atom is 0.317 e. The van der Waals surface area contributed by atoms with Gasteiger partial charge in [-0.25, -0.2) is 4.79 Å². The number of carboxylic acid groups (broad SMARTS) is 1. The Morgan fingerprint density at radius 3 is 2.87 bits per heavy atom. The van der Waals surface area contributed by atoms with E-state index in [1.165, 1.54) is 0 Å². The molecule has 0 radical (unpaired) electrons. The highest BCUT2D eigenvalue weighted by atomic mass is 16.4. The van der Waals surface area contributed by atoms with Crippen molar-refractivity contribution in [3.63, 3.8) is 0 Å². The van der Waals surface area contributed by atoms with Crippen molar-refractivity contribution >= 4 is 12.0 Å². The molecule has 86 valence electrons. The van der Waals surface area contributed by atoms with E-state index < -0.39 is 11.9 Å². The van der Waals surface area contributed by atoms with E-state index in [1.807, 2.05) is 6.92 Å². The zero-order valence-corrected chi connectivity index (χ0v) is 9.03. The Kier molecular flexibility index (Phi) is 4.39. The van der Waals surface area contributed by atoms with Crippen molar-refractivity contribution in [3.05, 3.63) is 0 Å². The Labute approximate surface area is 89.4 Å². The number of likely N-dealkylation sites (tertiary alicyclic amines) is 1. The molecule has 15 heavy (non-hydrogen) atoms. The highest BCUT2D eigenvalue weighted by Crippen LogP contribution is 2.16. The number of rotatable bonds is 3. The number of hydrogen-bond donors (Lipinski definition) is 2. The van der Waals surface area contributed by atoms with E-state index >= 15 is 0 Å². The summed E-state index contributed by atoms with van der Waals surface area (Å²) in [7, 11) is 0. The molecule has 1 rings (SSSR count). The first-order valence-electron chi connectivity index (χ1n) is 5.40. The highest BCUT2D eigenvalue weighted by Gasteiger charge is 2.27. The van der Waals surface area contributed by atoms with Crippen LogP contribution in [0.5, 0.6) is 0 Å². The van der Waals surface area contributed by atoms with Gasteiger partial charge in [-0.1, -0.05) is 6.92 Å². The number of piperidine rings is 1. The number of nitrogens with one attached hydrogen (secondary N) is 1. The summed E-state index contributed by atoms with van der Waals surface area (Å²) in [6.07, 6.45) is 2.34. The molecule has 0 saturated carbocycles. The van der Waals surface area contributed by atoms with E-state index in [1.54, 1.807) is 4.90 Å². The van der Waals surface area contributed by atoms with E-state index in [0.29, 0.717) is 26.1 Å². The van der Waals surface area contributed by atoms with Crippen LogP contribution in [-0.4, -0.2) is 41.6 Å². The largest absolute Gasteiger partial charge is 0.481 e. The zero-order valence-electron chi connectivity index (χ0n) is 9.03.